The minimum absolute atomic E-state index is 0.0155. The third-order valence-corrected chi connectivity index (χ3v) is 15.5. The number of hydrogen-bond acceptors (Lipinski definition) is 4. The quantitative estimate of drug-likeness (QED) is 0.167. The second-order valence-corrected chi connectivity index (χ2v) is 18.5. The molecule has 5 heteroatoms. The summed E-state index contributed by atoms with van der Waals surface area (Å²) in [4.78, 5) is 10.7. The number of nitrogens with zero attached hydrogens (tertiary/aromatic N) is 3. The van der Waals surface area contributed by atoms with Crippen molar-refractivity contribution in [2.75, 3.05) is 9.80 Å². The molecule has 60 heavy (non-hydrogen) atoms. The Kier molecular flexibility index (Phi) is 7.15. The van der Waals surface area contributed by atoms with Crippen LogP contribution in [0.1, 0.15) is 96.6 Å². The van der Waals surface area contributed by atoms with Gasteiger partial charge in [0.1, 0.15) is 17.0 Å². The molecule has 290 valence electrons. The molecule has 0 spiro atoms. The molecule has 2 atom stereocenters. The van der Waals surface area contributed by atoms with Crippen molar-refractivity contribution in [3.05, 3.63) is 155 Å². The number of furan rings is 1. The second-order valence-electron chi connectivity index (χ2n) is 18.5. The molecule has 0 bridgehead atoms. The molecule has 6 aromatic carbocycles. The summed E-state index contributed by atoms with van der Waals surface area (Å²) in [5.74, 6) is 2.41. The molecule has 14 rings (SSSR count). The van der Waals surface area contributed by atoms with Gasteiger partial charge in [0.25, 0.3) is 6.71 Å². The maximum Gasteiger partial charge on any atom is 0.254 e. The fourth-order valence-electron chi connectivity index (χ4n) is 13.2. The fraction of sp³-hybridized carbons (Fsp3) is 0.255. The van der Waals surface area contributed by atoms with Crippen molar-refractivity contribution < 1.29 is 4.42 Å². The predicted octanol–water partition coefficient (Wildman–Crippen LogP) is 12.2. The van der Waals surface area contributed by atoms with Gasteiger partial charge < -0.3 is 9.32 Å². The molecule has 2 aromatic heterocycles. The Morgan fingerprint density at radius 1 is 0.567 bits per heavy atom. The van der Waals surface area contributed by atoms with Gasteiger partial charge in [-0.1, -0.05) is 78.9 Å². The Bertz CT molecular complexity index is 3090. The Morgan fingerprint density at radius 2 is 1.30 bits per heavy atom. The van der Waals surface area contributed by atoms with Gasteiger partial charge in [-0.25, -0.2) is 4.98 Å². The van der Waals surface area contributed by atoms with Crippen LogP contribution >= 0.6 is 0 Å². The number of fused-ring (bicyclic) bond motifs is 8. The van der Waals surface area contributed by atoms with Crippen molar-refractivity contribution in [3.63, 3.8) is 0 Å². The summed E-state index contributed by atoms with van der Waals surface area (Å²) in [6.45, 7) is 0.0155. The van der Waals surface area contributed by atoms with Crippen LogP contribution in [0.15, 0.2) is 126 Å². The first-order valence-electron chi connectivity index (χ1n) is 22.8. The number of benzene rings is 6. The number of rotatable bonds is 3. The van der Waals surface area contributed by atoms with E-state index >= 15 is 0 Å². The molecule has 4 heterocycles. The van der Waals surface area contributed by atoms with Crippen LogP contribution < -0.4 is 26.2 Å². The lowest BCUT2D eigenvalue weighted by atomic mass is 9.33. The van der Waals surface area contributed by atoms with Crippen LogP contribution in [-0.4, -0.2) is 11.7 Å². The van der Waals surface area contributed by atoms with E-state index in [0.29, 0.717) is 11.8 Å². The highest BCUT2D eigenvalue weighted by Crippen LogP contribution is 2.53. The lowest BCUT2D eigenvalue weighted by Crippen LogP contribution is -2.62. The Balaban J connectivity index is 1.09. The molecule has 0 saturated carbocycles. The largest absolute Gasteiger partial charge is 0.455 e. The highest BCUT2D eigenvalue weighted by Gasteiger charge is 2.47. The number of para-hydroxylation sites is 2. The van der Waals surface area contributed by atoms with Gasteiger partial charge in [-0.05, 0) is 181 Å². The third kappa shape index (κ3) is 4.61. The minimum atomic E-state index is 0.0155. The van der Waals surface area contributed by atoms with Crippen LogP contribution in [0.4, 0.5) is 34.3 Å². The highest BCUT2D eigenvalue weighted by atomic mass is 16.3. The molecule has 4 nitrogen and oxygen atoms in total. The summed E-state index contributed by atoms with van der Waals surface area (Å²) in [5.41, 5.74) is 24.6. The molecular weight excluding hydrogens is 729 g/mol. The smallest absolute Gasteiger partial charge is 0.254 e. The molecule has 0 fully saturated rings. The van der Waals surface area contributed by atoms with E-state index < -0.39 is 0 Å². The van der Waals surface area contributed by atoms with Gasteiger partial charge in [-0.15, -0.1) is 0 Å². The molecule has 0 radical (unpaired) electrons. The van der Waals surface area contributed by atoms with Gasteiger partial charge in [-0.2, -0.15) is 0 Å². The van der Waals surface area contributed by atoms with Crippen molar-refractivity contribution in [2.24, 2.45) is 0 Å². The molecule has 0 amide bonds. The average molecular weight is 776 g/mol. The van der Waals surface area contributed by atoms with Crippen LogP contribution in [-0.2, 0) is 25.7 Å². The maximum atomic E-state index is 7.07. The van der Waals surface area contributed by atoms with E-state index in [1.807, 2.05) is 0 Å². The van der Waals surface area contributed by atoms with Gasteiger partial charge in [0.2, 0.25) is 0 Å². The number of aryl methyl sites for hydroxylation is 2. The summed E-state index contributed by atoms with van der Waals surface area (Å²) in [6.07, 6.45) is 17.3. The van der Waals surface area contributed by atoms with Gasteiger partial charge in [0.05, 0.1) is 0 Å². The first-order valence-corrected chi connectivity index (χ1v) is 22.8. The van der Waals surface area contributed by atoms with Crippen LogP contribution in [0.25, 0.3) is 33.1 Å². The highest BCUT2D eigenvalue weighted by molar-refractivity contribution is 7.00. The van der Waals surface area contributed by atoms with Crippen molar-refractivity contribution in [3.8, 4) is 11.1 Å². The van der Waals surface area contributed by atoms with Crippen LogP contribution in [0.2, 0.25) is 0 Å². The molecule has 0 saturated heterocycles. The van der Waals surface area contributed by atoms with E-state index in [1.165, 1.54) is 109 Å². The van der Waals surface area contributed by atoms with Crippen LogP contribution in [0.3, 0.4) is 0 Å². The minimum Gasteiger partial charge on any atom is -0.455 e. The molecule has 6 aliphatic rings. The normalized spacial score (nSPS) is 19.4. The predicted molar refractivity (Wildman–Crippen MR) is 248 cm³/mol. The van der Waals surface area contributed by atoms with E-state index in [1.54, 1.807) is 33.4 Å². The van der Waals surface area contributed by atoms with Crippen LogP contribution in [0, 0.1) is 0 Å². The van der Waals surface area contributed by atoms with Gasteiger partial charge in [0, 0.05) is 51.0 Å². The number of pyridine rings is 1. The van der Waals surface area contributed by atoms with Gasteiger partial charge in [0.15, 0.2) is 0 Å². The topological polar surface area (TPSA) is 32.5 Å². The van der Waals surface area contributed by atoms with E-state index in [4.69, 9.17) is 9.40 Å². The number of hydrogen-bond donors (Lipinski definition) is 0. The van der Waals surface area contributed by atoms with E-state index in [2.05, 4.69) is 131 Å². The summed E-state index contributed by atoms with van der Waals surface area (Å²) < 4.78 is 7.07. The zero-order valence-electron chi connectivity index (χ0n) is 34.0. The molecule has 2 unspecified atom stereocenters. The second kappa shape index (κ2) is 12.7. The summed E-state index contributed by atoms with van der Waals surface area (Å²) >= 11 is 0. The number of anilines is 6. The number of aromatic nitrogens is 1. The summed E-state index contributed by atoms with van der Waals surface area (Å²) in [7, 11) is 0. The summed E-state index contributed by atoms with van der Waals surface area (Å²) in [5, 5.41) is 2.29. The first-order chi connectivity index (χ1) is 29.8. The van der Waals surface area contributed by atoms with Crippen molar-refractivity contribution in [1.82, 2.24) is 4.98 Å². The molecular formula is C55H46BN3O. The fourth-order valence-corrected chi connectivity index (χ4v) is 13.2. The zero-order valence-corrected chi connectivity index (χ0v) is 34.0. The van der Waals surface area contributed by atoms with Gasteiger partial charge in [-0.3, -0.25) is 4.90 Å². The third-order valence-electron chi connectivity index (χ3n) is 15.5. The molecule has 0 N–H and O–H groups in total. The monoisotopic (exact) mass is 775 g/mol. The van der Waals surface area contributed by atoms with Gasteiger partial charge >= 0.3 is 0 Å². The molecule has 8 aromatic rings. The lowest BCUT2D eigenvalue weighted by Gasteiger charge is -2.47. The van der Waals surface area contributed by atoms with E-state index in [0.717, 1.165) is 51.8 Å². The lowest BCUT2D eigenvalue weighted by molar-refractivity contribution is 0.476. The molecule has 4 aliphatic carbocycles. The SMILES string of the molecule is c1ccc(-c2cccc3c2oc2cc4c(cc23)N(c2ccccc2)c2nccc3c2B4c2cc4c5c(c2N3c2ccc3c6c2CCCC6CCC3)CCCC5CCC4)cc1. The summed E-state index contributed by atoms with van der Waals surface area (Å²) in [6, 6.07) is 43.2. The standard InChI is InChI=1S/C55H46BN3O/c1-3-12-33(13-4-1)39-22-11-23-40-43-31-48-44(32-49(43)60-54(39)40)56-45-30-37-19-8-15-35-18-10-25-42(51(35)37)53(45)59(46-27-26-36-16-7-14-34-17-9-24-41(46)50(34)36)47-28-29-57-55(52(47)56)58(48)38-20-5-2-6-21-38/h1-6,11-13,20-23,26-32,34-35H,7-10,14-19,24-25H2. The first kappa shape index (κ1) is 33.7. The van der Waals surface area contributed by atoms with E-state index in [-0.39, 0.29) is 6.71 Å². The molecule has 2 aliphatic heterocycles. The zero-order chi connectivity index (χ0) is 39.1. The van der Waals surface area contributed by atoms with Crippen molar-refractivity contribution in [2.45, 2.75) is 88.9 Å². The Hall–Kier alpha value is -6.07. The van der Waals surface area contributed by atoms with Crippen LogP contribution in [0.5, 0.6) is 0 Å². The average Bonchev–Trinajstić information content (AvgIpc) is 3.67. The van der Waals surface area contributed by atoms with Crippen molar-refractivity contribution >= 4 is 79.3 Å². The van der Waals surface area contributed by atoms with Crippen molar-refractivity contribution in [1.29, 1.82) is 0 Å². The van der Waals surface area contributed by atoms with E-state index in [9.17, 15) is 0 Å². The Labute approximate surface area is 352 Å². The Morgan fingerprint density at radius 3 is 2.12 bits per heavy atom. The maximum absolute atomic E-state index is 7.07.